The molecule has 1 rings (SSSR count). The molecule has 0 spiro atoms. The molecule has 0 aliphatic carbocycles. The summed E-state index contributed by atoms with van der Waals surface area (Å²) in [5.74, 6) is 0. The molecule has 2 nitrogen and oxygen atoms in total. The molecular formula is C15H37NO. The lowest BCUT2D eigenvalue weighted by Gasteiger charge is -2.21. The van der Waals surface area contributed by atoms with Crippen LogP contribution in [0.1, 0.15) is 67.2 Å². The third-order valence-corrected chi connectivity index (χ3v) is 2.19. The smallest absolute Gasteiger partial charge is 0.0594 e. The predicted molar refractivity (Wildman–Crippen MR) is 80.8 cm³/mol. The molecule has 0 bridgehead atoms. The van der Waals surface area contributed by atoms with Crippen molar-refractivity contribution in [3.05, 3.63) is 0 Å². The van der Waals surface area contributed by atoms with Crippen molar-refractivity contribution in [1.29, 1.82) is 0 Å². The number of nitrogens with zero attached hydrogens (tertiary/aromatic N) is 1. The molecule has 0 N–H and O–H groups in total. The molecule has 17 heavy (non-hydrogen) atoms. The zero-order valence-corrected chi connectivity index (χ0v) is 13.5. The van der Waals surface area contributed by atoms with Crippen molar-refractivity contribution in [2.24, 2.45) is 0 Å². The normalized spacial score (nSPS) is 14.3. The summed E-state index contributed by atoms with van der Waals surface area (Å²) in [5, 5.41) is 0. The molecule has 0 aromatic rings. The summed E-state index contributed by atoms with van der Waals surface area (Å²) in [6, 6.07) is 0. The quantitative estimate of drug-likeness (QED) is 0.676. The molecule has 1 heterocycles. The van der Waals surface area contributed by atoms with Crippen LogP contribution >= 0.6 is 0 Å². The van der Waals surface area contributed by atoms with E-state index in [-0.39, 0.29) is 0 Å². The van der Waals surface area contributed by atoms with E-state index in [0.717, 1.165) is 26.3 Å². The van der Waals surface area contributed by atoms with E-state index in [1.807, 2.05) is 27.7 Å². The van der Waals surface area contributed by atoms with Crippen molar-refractivity contribution in [1.82, 2.24) is 4.90 Å². The highest BCUT2D eigenvalue weighted by Crippen LogP contribution is 1.95. The van der Waals surface area contributed by atoms with Crippen LogP contribution in [-0.4, -0.2) is 38.3 Å². The van der Waals surface area contributed by atoms with Gasteiger partial charge in [-0.3, -0.25) is 0 Å². The average Bonchev–Trinajstić information content (AvgIpc) is 2.42. The Labute approximate surface area is 111 Å². The van der Waals surface area contributed by atoms with E-state index in [4.69, 9.17) is 4.74 Å². The van der Waals surface area contributed by atoms with Gasteiger partial charge in [-0.05, 0) is 7.05 Å². The van der Waals surface area contributed by atoms with Crippen LogP contribution in [0.25, 0.3) is 0 Å². The van der Waals surface area contributed by atoms with Crippen LogP contribution in [0, 0.1) is 0 Å². The number of hydrogen-bond donors (Lipinski definition) is 0. The van der Waals surface area contributed by atoms with Gasteiger partial charge in [0.25, 0.3) is 0 Å². The van der Waals surface area contributed by atoms with Gasteiger partial charge in [-0.1, -0.05) is 67.2 Å². The second-order valence-corrected chi connectivity index (χ2v) is 3.62. The van der Waals surface area contributed by atoms with E-state index < -0.39 is 0 Å². The first-order valence-electron chi connectivity index (χ1n) is 7.57. The summed E-state index contributed by atoms with van der Waals surface area (Å²) >= 11 is 0. The maximum absolute atomic E-state index is 5.10. The van der Waals surface area contributed by atoms with Gasteiger partial charge in [-0.25, -0.2) is 0 Å². The number of rotatable bonds is 3. The second-order valence-electron chi connectivity index (χ2n) is 3.62. The van der Waals surface area contributed by atoms with Gasteiger partial charge in [0.15, 0.2) is 0 Å². The Hall–Kier alpha value is -0.0800. The van der Waals surface area contributed by atoms with Gasteiger partial charge in [0.1, 0.15) is 0 Å². The van der Waals surface area contributed by atoms with E-state index in [1.54, 1.807) is 0 Å². The van der Waals surface area contributed by atoms with E-state index in [0.29, 0.717) is 0 Å². The highest BCUT2D eigenvalue weighted by atomic mass is 16.5. The minimum atomic E-state index is 0.913. The first kappa shape index (κ1) is 22.1. The predicted octanol–water partition coefficient (Wildman–Crippen LogP) is 4.59. The SMILES string of the molecule is CC.CC.CCCCCC.CN1CCOCC1. The summed E-state index contributed by atoms with van der Waals surface area (Å²) < 4.78 is 5.10. The Bertz CT molecular complexity index is 86.9. The van der Waals surface area contributed by atoms with Crippen molar-refractivity contribution < 1.29 is 4.74 Å². The Morgan fingerprint density at radius 2 is 1.18 bits per heavy atom. The molecule has 0 aromatic carbocycles. The monoisotopic (exact) mass is 247 g/mol. The molecule has 2 heteroatoms. The standard InChI is InChI=1S/C6H14.C5H11NO.2C2H6/c1-3-5-6-4-2;1-6-2-4-7-5-3-6;2*1-2/h3-6H2,1-2H3;2-5H2,1H3;2*1-2H3. The first-order valence-corrected chi connectivity index (χ1v) is 7.57. The molecule has 1 aliphatic heterocycles. The van der Waals surface area contributed by atoms with Crippen LogP contribution < -0.4 is 0 Å². The fourth-order valence-corrected chi connectivity index (χ4v) is 1.15. The summed E-state index contributed by atoms with van der Waals surface area (Å²) in [6.45, 7) is 16.5. The lowest BCUT2D eigenvalue weighted by atomic mass is 10.2. The summed E-state index contributed by atoms with van der Waals surface area (Å²) in [4.78, 5) is 2.27. The third kappa shape index (κ3) is 25.9. The lowest BCUT2D eigenvalue weighted by molar-refractivity contribution is 0.0503. The number of hydrogen-bond acceptors (Lipinski definition) is 2. The van der Waals surface area contributed by atoms with Crippen LogP contribution in [0.5, 0.6) is 0 Å². The summed E-state index contributed by atoms with van der Waals surface area (Å²) in [6.07, 6.45) is 5.54. The Morgan fingerprint density at radius 3 is 1.35 bits per heavy atom. The number of morpholine rings is 1. The van der Waals surface area contributed by atoms with Gasteiger partial charge in [0.2, 0.25) is 0 Å². The van der Waals surface area contributed by atoms with E-state index >= 15 is 0 Å². The minimum Gasteiger partial charge on any atom is -0.379 e. The molecule has 0 amide bonds. The first-order chi connectivity index (χ1) is 8.31. The van der Waals surface area contributed by atoms with Crippen LogP contribution in [0.4, 0.5) is 0 Å². The van der Waals surface area contributed by atoms with Crippen LogP contribution in [-0.2, 0) is 4.74 Å². The largest absolute Gasteiger partial charge is 0.379 e. The van der Waals surface area contributed by atoms with Crippen LogP contribution in [0.2, 0.25) is 0 Å². The molecule has 0 atom stereocenters. The maximum atomic E-state index is 5.10. The van der Waals surface area contributed by atoms with Gasteiger partial charge >= 0.3 is 0 Å². The van der Waals surface area contributed by atoms with Crippen LogP contribution in [0.3, 0.4) is 0 Å². The molecule has 0 aromatic heterocycles. The molecule has 0 radical (unpaired) electrons. The zero-order valence-electron chi connectivity index (χ0n) is 13.5. The molecule has 0 saturated carbocycles. The van der Waals surface area contributed by atoms with Crippen molar-refractivity contribution in [3.63, 3.8) is 0 Å². The van der Waals surface area contributed by atoms with Gasteiger partial charge in [-0.2, -0.15) is 0 Å². The van der Waals surface area contributed by atoms with Gasteiger partial charge in [0, 0.05) is 13.1 Å². The Balaban J connectivity index is -0.000000180. The van der Waals surface area contributed by atoms with E-state index in [9.17, 15) is 0 Å². The lowest BCUT2D eigenvalue weighted by Crippen LogP contribution is -2.32. The number of likely N-dealkylation sites (N-methyl/N-ethyl adjacent to an activating group) is 1. The van der Waals surface area contributed by atoms with Crippen LogP contribution in [0.15, 0.2) is 0 Å². The summed E-state index contributed by atoms with van der Waals surface area (Å²) in [7, 11) is 2.11. The maximum Gasteiger partial charge on any atom is 0.0594 e. The average molecular weight is 247 g/mol. The number of unbranched alkanes of at least 4 members (excludes halogenated alkanes) is 3. The molecular weight excluding hydrogens is 210 g/mol. The van der Waals surface area contributed by atoms with Crippen molar-refractivity contribution in [2.45, 2.75) is 67.2 Å². The van der Waals surface area contributed by atoms with Gasteiger partial charge < -0.3 is 9.64 Å². The van der Waals surface area contributed by atoms with E-state index in [2.05, 4.69) is 25.8 Å². The second kappa shape index (κ2) is 24.9. The Kier molecular flexibility index (Phi) is 32.5. The molecule has 0 unspecified atom stereocenters. The topological polar surface area (TPSA) is 12.5 Å². The highest BCUT2D eigenvalue weighted by Gasteiger charge is 2.02. The fourth-order valence-electron chi connectivity index (χ4n) is 1.15. The third-order valence-electron chi connectivity index (χ3n) is 2.19. The van der Waals surface area contributed by atoms with Crippen molar-refractivity contribution in [2.75, 3.05) is 33.4 Å². The molecule has 1 fully saturated rings. The molecule has 108 valence electrons. The number of ether oxygens (including phenoxy) is 1. The molecule has 1 aliphatic rings. The van der Waals surface area contributed by atoms with Gasteiger partial charge in [-0.15, -0.1) is 0 Å². The molecule has 1 saturated heterocycles. The van der Waals surface area contributed by atoms with Crippen molar-refractivity contribution in [3.8, 4) is 0 Å². The van der Waals surface area contributed by atoms with E-state index in [1.165, 1.54) is 25.7 Å². The van der Waals surface area contributed by atoms with Gasteiger partial charge in [0.05, 0.1) is 13.2 Å². The zero-order chi connectivity index (χ0) is 13.9. The highest BCUT2D eigenvalue weighted by molar-refractivity contribution is 4.53. The Morgan fingerprint density at radius 1 is 0.824 bits per heavy atom. The fraction of sp³-hybridized carbons (Fsp3) is 1.00. The minimum absolute atomic E-state index is 0.913. The van der Waals surface area contributed by atoms with Crippen molar-refractivity contribution >= 4 is 0 Å². The summed E-state index contributed by atoms with van der Waals surface area (Å²) in [5.41, 5.74) is 0.